The van der Waals surface area contributed by atoms with Crippen LogP contribution >= 0.6 is 11.6 Å². The van der Waals surface area contributed by atoms with E-state index in [2.05, 4.69) is 22.2 Å². The molecule has 0 saturated carbocycles. The maximum atomic E-state index is 6.03. The molecule has 5 heteroatoms. The summed E-state index contributed by atoms with van der Waals surface area (Å²) in [6, 6.07) is 7.43. The maximum Gasteiger partial charge on any atom is 0.191 e. The zero-order chi connectivity index (χ0) is 14.1. The van der Waals surface area contributed by atoms with Crippen LogP contribution < -0.4 is 15.4 Å². The van der Waals surface area contributed by atoms with E-state index in [4.69, 9.17) is 16.3 Å². The minimum Gasteiger partial charge on any atom is -0.487 e. The molecule has 0 saturated heterocycles. The minimum atomic E-state index is -0.0258. The molecule has 4 nitrogen and oxygen atoms in total. The molecule has 19 heavy (non-hydrogen) atoms. The predicted molar refractivity (Wildman–Crippen MR) is 81.1 cm³/mol. The highest BCUT2D eigenvalue weighted by Crippen LogP contribution is 2.23. The largest absolute Gasteiger partial charge is 0.487 e. The van der Waals surface area contributed by atoms with Crippen LogP contribution in [0.15, 0.2) is 41.9 Å². The van der Waals surface area contributed by atoms with E-state index in [1.54, 1.807) is 13.1 Å². The third-order valence-electron chi connectivity index (χ3n) is 2.36. The summed E-state index contributed by atoms with van der Waals surface area (Å²) in [7, 11) is 1.72. The van der Waals surface area contributed by atoms with Crippen molar-refractivity contribution in [1.29, 1.82) is 0 Å². The van der Waals surface area contributed by atoms with Gasteiger partial charge in [-0.15, -0.1) is 6.58 Å². The van der Waals surface area contributed by atoms with Gasteiger partial charge in [-0.25, -0.2) is 0 Å². The van der Waals surface area contributed by atoms with Crippen LogP contribution in [0.25, 0.3) is 0 Å². The Kier molecular flexibility index (Phi) is 6.82. The fourth-order valence-electron chi connectivity index (χ4n) is 1.43. The molecule has 0 spiro atoms. The fourth-order valence-corrected chi connectivity index (χ4v) is 1.61. The Morgan fingerprint density at radius 1 is 1.47 bits per heavy atom. The molecule has 0 aliphatic carbocycles. The number of hydrogen-bond donors (Lipinski definition) is 2. The van der Waals surface area contributed by atoms with Crippen LogP contribution in [-0.2, 0) is 0 Å². The number of nitrogens with zero attached hydrogens (tertiary/aromatic N) is 1. The maximum absolute atomic E-state index is 6.03. The molecule has 2 N–H and O–H groups in total. The fraction of sp³-hybridized carbons (Fsp3) is 0.357. The number of halogens is 1. The van der Waals surface area contributed by atoms with Crippen LogP contribution in [0.5, 0.6) is 5.75 Å². The highest BCUT2D eigenvalue weighted by Gasteiger charge is 2.07. The highest BCUT2D eigenvalue weighted by atomic mass is 35.5. The Morgan fingerprint density at radius 2 is 2.21 bits per heavy atom. The number of para-hydroxylation sites is 1. The van der Waals surface area contributed by atoms with Gasteiger partial charge in [0.2, 0.25) is 0 Å². The molecule has 1 aromatic rings. The number of aliphatic imine (C=N–C) groups is 1. The Labute approximate surface area is 119 Å². The lowest BCUT2D eigenvalue weighted by atomic mass is 10.3. The average Bonchev–Trinajstić information content (AvgIpc) is 2.41. The smallest absolute Gasteiger partial charge is 0.191 e. The molecule has 0 aliphatic heterocycles. The van der Waals surface area contributed by atoms with E-state index in [9.17, 15) is 0 Å². The van der Waals surface area contributed by atoms with Crippen LogP contribution in [0.4, 0.5) is 0 Å². The van der Waals surface area contributed by atoms with Gasteiger partial charge >= 0.3 is 0 Å². The first-order chi connectivity index (χ1) is 9.17. The van der Waals surface area contributed by atoms with Crippen molar-refractivity contribution < 1.29 is 4.74 Å². The first-order valence-corrected chi connectivity index (χ1v) is 6.51. The van der Waals surface area contributed by atoms with Crippen LogP contribution in [-0.4, -0.2) is 32.2 Å². The molecular weight excluding hydrogens is 262 g/mol. The topological polar surface area (TPSA) is 45.7 Å². The molecule has 1 unspecified atom stereocenters. The van der Waals surface area contributed by atoms with Crippen molar-refractivity contribution in [1.82, 2.24) is 10.6 Å². The van der Waals surface area contributed by atoms with Crippen LogP contribution in [0, 0.1) is 0 Å². The number of rotatable bonds is 6. The standard InChI is InChI=1S/C14H20ClN3O/c1-4-9-17-14(16-3)18-10-11(2)19-13-8-6-5-7-12(13)15/h4-8,11H,1,9-10H2,2-3H3,(H2,16,17,18). The Bertz CT molecular complexity index is 434. The van der Waals surface area contributed by atoms with Crippen molar-refractivity contribution in [3.8, 4) is 5.75 Å². The normalized spacial score (nSPS) is 12.7. The lowest BCUT2D eigenvalue weighted by Gasteiger charge is -2.18. The molecular formula is C14H20ClN3O. The summed E-state index contributed by atoms with van der Waals surface area (Å²) in [4.78, 5) is 4.09. The second-order valence-electron chi connectivity index (χ2n) is 3.98. The third-order valence-corrected chi connectivity index (χ3v) is 2.67. The molecule has 0 heterocycles. The van der Waals surface area contributed by atoms with Gasteiger partial charge in [0.1, 0.15) is 11.9 Å². The monoisotopic (exact) mass is 281 g/mol. The Hall–Kier alpha value is -1.68. The SMILES string of the molecule is C=CCNC(=NC)NCC(C)Oc1ccccc1Cl. The summed E-state index contributed by atoms with van der Waals surface area (Å²) >= 11 is 6.03. The van der Waals surface area contributed by atoms with Gasteiger partial charge in [-0.3, -0.25) is 4.99 Å². The first kappa shape index (κ1) is 15.4. The molecule has 0 aromatic heterocycles. The van der Waals surface area contributed by atoms with E-state index in [1.165, 1.54) is 0 Å². The molecule has 0 aliphatic rings. The molecule has 0 radical (unpaired) electrons. The number of hydrogen-bond acceptors (Lipinski definition) is 2. The zero-order valence-corrected chi connectivity index (χ0v) is 12.1. The quantitative estimate of drug-likeness (QED) is 0.478. The van der Waals surface area contributed by atoms with Crippen LogP contribution in [0.3, 0.4) is 0 Å². The van der Waals surface area contributed by atoms with Gasteiger partial charge in [0.15, 0.2) is 5.96 Å². The Balaban J connectivity index is 2.41. The van der Waals surface area contributed by atoms with Gasteiger partial charge in [-0.05, 0) is 19.1 Å². The number of benzene rings is 1. The van der Waals surface area contributed by atoms with E-state index in [-0.39, 0.29) is 6.10 Å². The predicted octanol–water partition coefficient (Wildman–Crippen LogP) is 2.46. The van der Waals surface area contributed by atoms with Crippen LogP contribution in [0.1, 0.15) is 6.92 Å². The van der Waals surface area contributed by atoms with Crippen molar-refractivity contribution in [2.45, 2.75) is 13.0 Å². The summed E-state index contributed by atoms with van der Waals surface area (Å²) < 4.78 is 5.75. The van der Waals surface area contributed by atoms with Crippen molar-refractivity contribution in [2.24, 2.45) is 4.99 Å². The molecule has 104 valence electrons. The van der Waals surface area contributed by atoms with E-state index in [0.717, 1.165) is 5.96 Å². The lowest BCUT2D eigenvalue weighted by Crippen LogP contribution is -2.41. The van der Waals surface area contributed by atoms with Crippen LogP contribution in [0.2, 0.25) is 5.02 Å². The van der Waals surface area contributed by atoms with Gasteiger partial charge in [0, 0.05) is 13.6 Å². The number of nitrogens with one attached hydrogen (secondary N) is 2. The van der Waals surface area contributed by atoms with Crippen molar-refractivity contribution >= 4 is 17.6 Å². The molecule has 1 aromatic carbocycles. The van der Waals surface area contributed by atoms with E-state index >= 15 is 0 Å². The zero-order valence-electron chi connectivity index (χ0n) is 11.3. The molecule has 0 amide bonds. The summed E-state index contributed by atoms with van der Waals surface area (Å²) in [5.74, 6) is 1.40. The van der Waals surface area contributed by atoms with Crippen molar-refractivity contribution in [2.75, 3.05) is 20.1 Å². The molecule has 0 bridgehead atoms. The lowest BCUT2D eigenvalue weighted by molar-refractivity contribution is 0.224. The van der Waals surface area contributed by atoms with Crippen molar-refractivity contribution in [3.63, 3.8) is 0 Å². The Morgan fingerprint density at radius 3 is 2.84 bits per heavy atom. The highest BCUT2D eigenvalue weighted by molar-refractivity contribution is 6.32. The van der Waals surface area contributed by atoms with E-state index in [0.29, 0.717) is 23.9 Å². The second kappa shape index (κ2) is 8.43. The summed E-state index contributed by atoms with van der Waals surface area (Å²) in [5.41, 5.74) is 0. The molecule has 1 rings (SSSR count). The van der Waals surface area contributed by atoms with E-state index in [1.807, 2.05) is 31.2 Å². The third kappa shape index (κ3) is 5.66. The molecule has 0 fully saturated rings. The van der Waals surface area contributed by atoms with Gasteiger partial charge in [0.05, 0.1) is 11.6 Å². The molecule has 1 atom stereocenters. The van der Waals surface area contributed by atoms with Gasteiger partial charge in [0.25, 0.3) is 0 Å². The van der Waals surface area contributed by atoms with Gasteiger partial charge < -0.3 is 15.4 Å². The summed E-state index contributed by atoms with van der Waals surface area (Å²) in [5, 5.41) is 6.87. The summed E-state index contributed by atoms with van der Waals surface area (Å²) in [6.45, 7) is 6.91. The average molecular weight is 282 g/mol. The number of guanidine groups is 1. The first-order valence-electron chi connectivity index (χ1n) is 6.14. The number of ether oxygens (including phenoxy) is 1. The van der Waals surface area contributed by atoms with Gasteiger partial charge in [-0.2, -0.15) is 0 Å². The van der Waals surface area contributed by atoms with E-state index < -0.39 is 0 Å². The minimum absolute atomic E-state index is 0.0258. The second-order valence-corrected chi connectivity index (χ2v) is 4.39. The van der Waals surface area contributed by atoms with Gasteiger partial charge in [-0.1, -0.05) is 29.8 Å². The summed E-state index contributed by atoms with van der Waals surface area (Å²) in [6.07, 6.45) is 1.75. The van der Waals surface area contributed by atoms with Crippen molar-refractivity contribution in [3.05, 3.63) is 41.9 Å².